The van der Waals surface area contributed by atoms with Crippen molar-refractivity contribution in [3.63, 3.8) is 0 Å². The summed E-state index contributed by atoms with van der Waals surface area (Å²) in [6, 6.07) is 93.7. The van der Waals surface area contributed by atoms with Crippen molar-refractivity contribution >= 4 is 51.4 Å². The summed E-state index contributed by atoms with van der Waals surface area (Å²) >= 11 is 3.78. The van der Waals surface area contributed by atoms with Crippen LogP contribution in [0.15, 0.2) is 268 Å². The van der Waals surface area contributed by atoms with Gasteiger partial charge in [-0.25, -0.2) is 0 Å². The summed E-state index contributed by atoms with van der Waals surface area (Å²) in [5, 5.41) is 2.42. The maximum absolute atomic E-state index is 2.50. The Balaban J connectivity index is 0.970. The molecule has 4 aliphatic rings. The zero-order valence-electron chi connectivity index (χ0n) is 37.4. The van der Waals surface area contributed by atoms with Gasteiger partial charge in [-0.2, -0.15) is 0 Å². The highest BCUT2D eigenvalue weighted by molar-refractivity contribution is 7.99. The second kappa shape index (κ2) is 14.8. The van der Waals surface area contributed by atoms with E-state index in [0.29, 0.717) is 0 Å². The normalized spacial score (nSPS) is 14.5. The highest BCUT2D eigenvalue weighted by Crippen LogP contribution is 2.65. The van der Waals surface area contributed by atoms with Gasteiger partial charge >= 0.3 is 0 Å². The van der Waals surface area contributed by atoms with Crippen molar-refractivity contribution in [1.82, 2.24) is 0 Å². The number of rotatable bonds is 4. The van der Waals surface area contributed by atoms with Gasteiger partial charge in [0.25, 0.3) is 0 Å². The summed E-state index contributed by atoms with van der Waals surface area (Å²) in [4.78, 5) is 7.76. The molecular formula is C66H41NS2. The van der Waals surface area contributed by atoms with Crippen molar-refractivity contribution in [2.75, 3.05) is 4.90 Å². The highest BCUT2D eigenvalue weighted by Gasteiger charge is 2.52. The fourth-order valence-corrected chi connectivity index (χ4v) is 15.0. The molecule has 0 unspecified atom stereocenters. The minimum absolute atomic E-state index is 0.441. The second-order valence-corrected chi connectivity index (χ2v) is 20.9. The molecule has 0 saturated heterocycles. The first-order chi connectivity index (χ1) is 34.2. The Hall–Kier alpha value is -7.82. The second-order valence-electron chi connectivity index (χ2n) is 18.7. The van der Waals surface area contributed by atoms with Gasteiger partial charge < -0.3 is 4.90 Å². The number of hydrogen-bond donors (Lipinski definition) is 0. The monoisotopic (exact) mass is 911 g/mol. The standard InChI is InChI=1S/C66H41NS2/c1-2-16-42(17-3-1)43-30-31-45-39-46(33-32-44(45)38-43)67(47-34-36-55-51(40-47)49-18-4-6-20-53(49)65(55)57-22-8-12-26-61(57)68-62-27-13-9-23-58(62)65)48-35-37-56-52(41-48)50-19-5-7-21-54(50)66(56)59-24-10-14-28-63(59)69-64-29-15-11-25-60(64)66/h1-41H. The average Bonchev–Trinajstić information content (AvgIpc) is 3.86. The molecule has 0 fully saturated rings. The maximum Gasteiger partial charge on any atom is 0.0735 e. The van der Waals surface area contributed by atoms with Crippen LogP contribution < -0.4 is 4.90 Å². The molecule has 2 spiro atoms. The van der Waals surface area contributed by atoms with Crippen molar-refractivity contribution in [3.05, 3.63) is 293 Å². The molecule has 0 N–H and O–H groups in total. The van der Waals surface area contributed by atoms with Crippen molar-refractivity contribution in [1.29, 1.82) is 0 Å². The molecular weight excluding hydrogens is 871 g/mol. The number of hydrogen-bond acceptors (Lipinski definition) is 3. The van der Waals surface area contributed by atoms with E-state index in [1.165, 1.54) is 108 Å². The van der Waals surface area contributed by atoms with Crippen LogP contribution in [0.4, 0.5) is 17.1 Å². The molecule has 1 nitrogen and oxygen atoms in total. The molecule has 11 aromatic rings. The first-order valence-corrected chi connectivity index (χ1v) is 25.4. The number of benzene rings is 11. The lowest BCUT2D eigenvalue weighted by atomic mass is 9.67. The van der Waals surface area contributed by atoms with E-state index in [1.807, 2.05) is 23.5 Å². The van der Waals surface area contributed by atoms with Gasteiger partial charge in [0.15, 0.2) is 0 Å². The van der Waals surface area contributed by atoms with Crippen LogP contribution in [-0.4, -0.2) is 0 Å². The summed E-state index contributed by atoms with van der Waals surface area (Å²) in [6.07, 6.45) is 0. The predicted octanol–water partition coefficient (Wildman–Crippen LogP) is 17.6. The summed E-state index contributed by atoms with van der Waals surface area (Å²) in [6.45, 7) is 0. The van der Waals surface area contributed by atoms with Gasteiger partial charge in [-0.05, 0) is 155 Å². The molecule has 0 atom stereocenters. The molecule has 2 aliphatic carbocycles. The summed E-state index contributed by atoms with van der Waals surface area (Å²) in [5.74, 6) is 0. The molecule has 0 bridgehead atoms. The van der Waals surface area contributed by atoms with Crippen molar-refractivity contribution < 1.29 is 0 Å². The largest absolute Gasteiger partial charge is 0.310 e. The molecule has 2 aliphatic heterocycles. The average molecular weight is 912 g/mol. The Morgan fingerprint density at radius 1 is 0.246 bits per heavy atom. The SMILES string of the molecule is c1ccc(-c2ccc3cc(N(c4ccc5c(c4)-c4ccccc4C54c5ccccc5Sc5ccccc54)c4ccc5c(c4)-c4ccccc4C54c5ccccc5Sc5ccccc54)ccc3c2)cc1. The van der Waals surface area contributed by atoms with E-state index in [4.69, 9.17) is 0 Å². The Bertz CT molecular complexity index is 3660. The van der Waals surface area contributed by atoms with E-state index in [1.54, 1.807) is 0 Å². The molecule has 11 aromatic carbocycles. The third-order valence-electron chi connectivity index (χ3n) is 15.4. The Morgan fingerprint density at radius 2 is 0.609 bits per heavy atom. The lowest BCUT2D eigenvalue weighted by molar-refractivity contribution is 0.722. The lowest BCUT2D eigenvalue weighted by Gasteiger charge is -2.40. The van der Waals surface area contributed by atoms with E-state index in [0.717, 1.165) is 17.1 Å². The quantitative estimate of drug-likeness (QED) is 0.173. The molecule has 322 valence electrons. The van der Waals surface area contributed by atoms with Gasteiger partial charge in [0.1, 0.15) is 0 Å². The number of nitrogens with zero attached hydrogens (tertiary/aromatic N) is 1. The van der Waals surface area contributed by atoms with Crippen LogP contribution >= 0.6 is 23.5 Å². The van der Waals surface area contributed by atoms with Gasteiger partial charge in [-0.15, -0.1) is 0 Å². The van der Waals surface area contributed by atoms with E-state index < -0.39 is 10.8 Å². The Morgan fingerprint density at radius 3 is 1.10 bits per heavy atom. The van der Waals surface area contributed by atoms with E-state index >= 15 is 0 Å². The smallest absolute Gasteiger partial charge is 0.0735 e. The van der Waals surface area contributed by atoms with E-state index in [9.17, 15) is 0 Å². The Labute approximate surface area is 410 Å². The molecule has 15 rings (SSSR count). The van der Waals surface area contributed by atoms with E-state index in [-0.39, 0.29) is 0 Å². The molecule has 3 heteroatoms. The molecule has 0 saturated carbocycles. The van der Waals surface area contributed by atoms with E-state index in [2.05, 4.69) is 254 Å². The van der Waals surface area contributed by atoms with Crippen molar-refractivity contribution in [3.8, 4) is 33.4 Å². The van der Waals surface area contributed by atoms with Gasteiger partial charge in [-0.1, -0.05) is 206 Å². The minimum atomic E-state index is -0.441. The van der Waals surface area contributed by atoms with Gasteiger partial charge in [0, 0.05) is 36.6 Å². The fourth-order valence-electron chi connectivity index (χ4n) is 12.6. The van der Waals surface area contributed by atoms with Crippen LogP contribution in [0.2, 0.25) is 0 Å². The topological polar surface area (TPSA) is 3.24 Å². The fraction of sp³-hybridized carbons (Fsp3) is 0.0303. The number of anilines is 3. The third-order valence-corrected chi connectivity index (χ3v) is 17.7. The van der Waals surface area contributed by atoms with Crippen LogP contribution in [-0.2, 0) is 10.8 Å². The van der Waals surface area contributed by atoms with Gasteiger partial charge in [-0.3, -0.25) is 0 Å². The molecule has 0 radical (unpaired) electrons. The number of fused-ring (bicyclic) bond motifs is 19. The summed E-state index contributed by atoms with van der Waals surface area (Å²) < 4.78 is 0. The summed E-state index contributed by atoms with van der Waals surface area (Å²) in [7, 11) is 0. The van der Waals surface area contributed by atoms with Crippen molar-refractivity contribution in [2.45, 2.75) is 30.4 Å². The third kappa shape index (κ3) is 5.40. The highest BCUT2D eigenvalue weighted by atomic mass is 32.2. The molecule has 0 aromatic heterocycles. The van der Waals surface area contributed by atoms with Gasteiger partial charge in [0.05, 0.1) is 10.8 Å². The summed E-state index contributed by atoms with van der Waals surface area (Å²) in [5.41, 5.74) is 20.8. The first-order valence-electron chi connectivity index (χ1n) is 23.8. The van der Waals surface area contributed by atoms with Gasteiger partial charge in [0.2, 0.25) is 0 Å². The zero-order chi connectivity index (χ0) is 45.3. The lowest BCUT2D eigenvalue weighted by Crippen LogP contribution is -2.32. The van der Waals surface area contributed by atoms with Crippen LogP contribution in [0.3, 0.4) is 0 Å². The molecule has 69 heavy (non-hydrogen) atoms. The van der Waals surface area contributed by atoms with Crippen LogP contribution in [0.1, 0.15) is 44.5 Å². The molecule has 2 heterocycles. The zero-order valence-corrected chi connectivity index (χ0v) is 39.1. The first kappa shape index (κ1) is 39.2. The predicted molar refractivity (Wildman–Crippen MR) is 287 cm³/mol. The van der Waals surface area contributed by atoms with Crippen LogP contribution in [0, 0.1) is 0 Å². The minimum Gasteiger partial charge on any atom is -0.310 e. The molecule has 0 amide bonds. The van der Waals surface area contributed by atoms with Crippen LogP contribution in [0.5, 0.6) is 0 Å². The van der Waals surface area contributed by atoms with Crippen LogP contribution in [0.25, 0.3) is 44.2 Å². The Kier molecular flexibility index (Phi) is 8.43. The maximum atomic E-state index is 2.50. The van der Waals surface area contributed by atoms with Crippen molar-refractivity contribution in [2.24, 2.45) is 0 Å².